The molecule has 0 unspecified atom stereocenters. The maximum Gasteiger partial charge on any atom is 0.0991 e. The Morgan fingerprint density at radius 2 is 1.78 bits per heavy atom. The second-order valence-corrected chi connectivity index (χ2v) is 2.27. The summed E-state index contributed by atoms with van der Waals surface area (Å²) in [5.74, 6) is 0. The minimum Gasteiger partial charge on any atom is -0.192 e. The van der Waals surface area contributed by atoms with Gasteiger partial charge in [0.05, 0.1) is 21.9 Å². The molecule has 3 radical (unpaired) electrons. The number of hydrogen-bond donors (Lipinski definition) is 0. The van der Waals surface area contributed by atoms with Crippen molar-refractivity contribution in [2.75, 3.05) is 0 Å². The highest BCUT2D eigenvalue weighted by atomic mass is 28.1. The fourth-order valence-corrected chi connectivity index (χ4v) is 0.711. The van der Waals surface area contributed by atoms with Gasteiger partial charge in [-0.3, -0.25) is 0 Å². The van der Waals surface area contributed by atoms with Crippen LogP contribution >= 0.6 is 0 Å². The van der Waals surface area contributed by atoms with Crippen molar-refractivity contribution < 1.29 is 0 Å². The summed E-state index contributed by atoms with van der Waals surface area (Å²) in [6.45, 7) is 0. The van der Waals surface area contributed by atoms with E-state index in [4.69, 9.17) is 5.26 Å². The lowest BCUT2D eigenvalue weighted by molar-refractivity contribution is 1.49. The summed E-state index contributed by atoms with van der Waals surface area (Å²) < 4.78 is 0. The first-order valence-corrected chi connectivity index (χ1v) is 3.04. The average molecular weight is 130 g/mol. The standard InChI is InChI=1S/C7H4NSi/c8-5-6-1-3-7(9)4-2-6/h1-4H. The van der Waals surface area contributed by atoms with Crippen LogP contribution in [0.3, 0.4) is 0 Å². The van der Waals surface area contributed by atoms with Crippen LogP contribution in [-0.4, -0.2) is 10.2 Å². The maximum atomic E-state index is 8.36. The maximum absolute atomic E-state index is 8.36. The Bertz CT molecular complexity index is 232. The second kappa shape index (κ2) is 2.47. The van der Waals surface area contributed by atoms with Gasteiger partial charge in [-0.1, -0.05) is 17.3 Å². The van der Waals surface area contributed by atoms with Gasteiger partial charge in [-0.15, -0.1) is 0 Å². The monoisotopic (exact) mass is 130 g/mol. The predicted octanol–water partition coefficient (Wildman–Crippen LogP) is 0.352. The Kier molecular flexibility index (Phi) is 1.66. The van der Waals surface area contributed by atoms with Crippen LogP contribution in [0.15, 0.2) is 24.3 Å². The largest absolute Gasteiger partial charge is 0.192 e. The molecule has 0 bridgehead atoms. The van der Waals surface area contributed by atoms with E-state index in [1.54, 1.807) is 12.1 Å². The summed E-state index contributed by atoms with van der Waals surface area (Å²) in [4.78, 5) is 0. The van der Waals surface area contributed by atoms with Gasteiger partial charge in [-0.05, 0) is 12.1 Å². The molecule has 1 aromatic carbocycles. The first-order chi connectivity index (χ1) is 4.33. The topological polar surface area (TPSA) is 23.8 Å². The Balaban J connectivity index is 3.06. The van der Waals surface area contributed by atoms with Gasteiger partial charge in [0.15, 0.2) is 0 Å². The molecule has 1 rings (SSSR count). The molecule has 0 aliphatic heterocycles. The van der Waals surface area contributed by atoms with Crippen LogP contribution in [0.4, 0.5) is 0 Å². The first-order valence-electron chi connectivity index (χ1n) is 2.54. The molecule has 1 aromatic rings. The highest BCUT2D eigenvalue weighted by molar-refractivity contribution is 6.32. The SMILES string of the molecule is N#Cc1ccc([Si])cc1. The van der Waals surface area contributed by atoms with Crippen LogP contribution in [0.5, 0.6) is 0 Å². The fourth-order valence-electron chi connectivity index (χ4n) is 0.545. The lowest BCUT2D eigenvalue weighted by atomic mass is 10.2. The summed E-state index contributed by atoms with van der Waals surface area (Å²) in [6.07, 6.45) is 0. The Morgan fingerprint density at radius 3 is 2.22 bits per heavy atom. The Hall–Kier alpha value is -1.07. The third kappa shape index (κ3) is 1.41. The quantitative estimate of drug-likeness (QED) is 0.465. The molecular formula is C7H4NSi. The second-order valence-electron chi connectivity index (χ2n) is 1.69. The molecule has 0 spiro atoms. The van der Waals surface area contributed by atoms with Gasteiger partial charge in [0.1, 0.15) is 0 Å². The zero-order valence-corrected chi connectivity index (χ0v) is 5.76. The molecular weight excluding hydrogens is 126 g/mol. The first kappa shape index (κ1) is 6.05. The predicted molar refractivity (Wildman–Crippen MR) is 36.5 cm³/mol. The molecule has 0 N–H and O–H groups in total. The van der Waals surface area contributed by atoms with Gasteiger partial charge in [-0.2, -0.15) is 5.26 Å². The lowest BCUT2D eigenvalue weighted by Gasteiger charge is -1.87. The van der Waals surface area contributed by atoms with E-state index in [-0.39, 0.29) is 0 Å². The zero-order valence-electron chi connectivity index (χ0n) is 4.76. The van der Waals surface area contributed by atoms with E-state index in [2.05, 4.69) is 10.2 Å². The minimum atomic E-state index is 0.692. The fraction of sp³-hybridized carbons (Fsp3) is 0. The molecule has 9 heavy (non-hydrogen) atoms. The van der Waals surface area contributed by atoms with Gasteiger partial charge >= 0.3 is 0 Å². The normalized spacial score (nSPS) is 8.44. The van der Waals surface area contributed by atoms with E-state index in [0.29, 0.717) is 5.56 Å². The van der Waals surface area contributed by atoms with Crippen LogP contribution in [-0.2, 0) is 0 Å². The van der Waals surface area contributed by atoms with Crippen molar-refractivity contribution >= 4 is 15.4 Å². The highest BCUT2D eigenvalue weighted by Crippen LogP contribution is 1.91. The summed E-state index contributed by atoms with van der Waals surface area (Å²) in [6, 6.07) is 9.25. The summed E-state index contributed by atoms with van der Waals surface area (Å²) in [5, 5.41) is 9.36. The van der Waals surface area contributed by atoms with E-state index in [1.807, 2.05) is 18.2 Å². The van der Waals surface area contributed by atoms with E-state index in [9.17, 15) is 0 Å². The molecule has 0 aliphatic carbocycles. The number of nitrogens with zero attached hydrogens (tertiary/aromatic N) is 1. The van der Waals surface area contributed by atoms with Crippen molar-refractivity contribution in [2.24, 2.45) is 0 Å². The third-order valence-electron chi connectivity index (χ3n) is 1.01. The van der Waals surface area contributed by atoms with Crippen molar-refractivity contribution in [3.8, 4) is 6.07 Å². The van der Waals surface area contributed by atoms with Crippen molar-refractivity contribution in [3.63, 3.8) is 0 Å². The van der Waals surface area contributed by atoms with E-state index in [0.717, 1.165) is 5.19 Å². The van der Waals surface area contributed by atoms with E-state index < -0.39 is 0 Å². The summed E-state index contributed by atoms with van der Waals surface area (Å²) >= 11 is 0. The minimum absolute atomic E-state index is 0.692. The highest BCUT2D eigenvalue weighted by Gasteiger charge is 1.85. The molecule has 0 amide bonds. The summed E-state index contributed by atoms with van der Waals surface area (Å²) in [7, 11) is 3.31. The molecule has 0 atom stereocenters. The smallest absolute Gasteiger partial charge is 0.0991 e. The van der Waals surface area contributed by atoms with Crippen LogP contribution in [0.2, 0.25) is 0 Å². The Morgan fingerprint density at radius 1 is 1.22 bits per heavy atom. The van der Waals surface area contributed by atoms with Crippen molar-refractivity contribution in [3.05, 3.63) is 29.8 Å². The molecule has 0 aliphatic rings. The van der Waals surface area contributed by atoms with Crippen LogP contribution in [0.25, 0.3) is 0 Å². The molecule has 2 heteroatoms. The zero-order chi connectivity index (χ0) is 6.69. The molecule has 0 fully saturated rings. The van der Waals surface area contributed by atoms with E-state index >= 15 is 0 Å². The van der Waals surface area contributed by atoms with Crippen molar-refractivity contribution in [1.82, 2.24) is 0 Å². The van der Waals surface area contributed by atoms with Gasteiger partial charge in [0, 0.05) is 0 Å². The Labute approximate surface area is 57.4 Å². The number of rotatable bonds is 0. The number of benzene rings is 1. The van der Waals surface area contributed by atoms with Crippen LogP contribution < -0.4 is 5.19 Å². The lowest BCUT2D eigenvalue weighted by Crippen LogP contribution is -1.98. The third-order valence-corrected chi connectivity index (χ3v) is 1.35. The summed E-state index contributed by atoms with van der Waals surface area (Å²) in [5.41, 5.74) is 0.692. The molecule has 0 saturated carbocycles. The average Bonchev–Trinajstić information content (AvgIpc) is 1.90. The van der Waals surface area contributed by atoms with Crippen LogP contribution in [0.1, 0.15) is 5.56 Å². The van der Waals surface area contributed by atoms with E-state index in [1.165, 1.54) is 0 Å². The molecule has 41 valence electrons. The van der Waals surface area contributed by atoms with Gasteiger partial charge < -0.3 is 0 Å². The van der Waals surface area contributed by atoms with Crippen molar-refractivity contribution in [2.45, 2.75) is 0 Å². The molecule has 0 heterocycles. The number of nitriles is 1. The van der Waals surface area contributed by atoms with Crippen LogP contribution in [0, 0.1) is 11.3 Å². The van der Waals surface area contributed by atoms with Gasteiger partial charge in [0.2, 0.25) is 0 Å². The molecule has 0 aromatic heterocycles. The van der Waals surface area contributed by atoms with Gasteiger partial charge in [0.25, 0.3) is 0 Å². The number of hydrogen-bond acceptors (Lipinski definition) is 1. The molecule has 0 saturated heterocycles. The van der Waals surface area contributed by atoms with Gasteiger partial charge in [-0.25, -0.2) is 0 Å². The van der Waals surface area contributed by atoms with Crippen molar-refractivity contribution in [1.29, 1.82) is 5.26 Å². The molecule has 1 nitrogen and oxygen atoms in total.